The quantitative estimate of drug-likeness (QED) is 0.629. The normalized spacial score (nSPS) is 12.9. The molecule has 0 aliphatic carbocycles. The monoisotopic (exact) mass is 270 g/mol. The average Bonchev–Trinajstić information content (AvgIpc) is 2.27. The van der Waals surface area contributed by atoms with Crippen LogP contribution in [0.25, 0.3) is 0 Å². The number of halogens is 1. The minimum Gasteiger partial charge on any atom is -0.398 e. The minimum absolute atomic E-state index is 0.144. The number of hydrogen-bond donors (Lipinski definition) is 2. The molecule has 0 heterocycles. The van der Waals surface area contributed by atoms with Crippen LogP contribution in [0, 0.1) is 18.2 Å². The third-order valence-electron chi connectivity index (χ3n) is 2.34. The van der Waals surface area contributed by atoms with Crippen molar-refractivity contribution in [1.29, 1.82) is 0 Å². The van der Waals surface area contributed by atoms with Crippen LogP contribution in [-0.2, 0) is 10.0 Å². The second-order valence-electron chi connectivity index (χ2n) is 3.81. The standard InChI is InChI=1S/C12H15FN2O2S/c1-3-5-10(4-2)15-18(16,17)12-7-6-9(13)8-11(12)14/h2,6-8,10,15H,3,5,14H2,1H3. The zero-order valence-electron chi connectivity index (χ0n) is 9.98. The van der Waals surface area contributed by atoms with Crippen molar-refractivity contribution < 1.29 is 12.8 Å². The summed E-state index contributed by atoms with van der Waals surface area (Å²) in [6.07, 6.45) is 6.51. The first-order valence-electron chi connectivity index (χ1n) is 5.44. The van der Waals surface area contributed by atoms with Gasteiger partial charge < -0.3 is 5.73 Å². The molecular weight excluding hydrogens is 255 g/mol. The Balaban J connectivity index is 3.03. The Bertz CT molecular complexity index is 564. The molecule has 0 fully saturated rings. The number of nitrogens with two attached hydrogens (primary N) is 1. The smallest absolute Gasteiger partial charge is 0.243 e. The van der Waals surface area contributed by atoms with Gasteiger partial charge in [0, 0.05) is 0 Å². The number of terminal acetylenes is 1. The Kier molecular flexibility index (Phi) is 4.70. The molecule has 0 radical (unpaired) electrons. The van der Waals surface area contributed by atoms with E-state index in [4.69, 9.17) is 12.2 Å². The van der Waals surface area contributed by atoms with Crippen molar-refractivity contribution >= 4 is 15.7 Å². The van der Waals surface area contributed by atoms with Gasteiger partial charge in [-0.2, -0.15) is 4.72 Å². The summed E-state index contributed by atoms with van der Waals surface area (Å²) in [6, 6.07) is 2.52. The Morgan fingerprint density at radius 2 is 2.22 bits per heavy atom. The van der Waals surface area contributed by atoms with Gasteiger partial charge in [-0.1, -0.05) is 19.3 Å². The van der Waals surface area contributed by atoms with Gasteiger partial charge in [0.15, 0.2) is 0 Å². The minimum atomic E-state index is -3.83. The molecule has 4 nitrogen and oxygen atoms in total. The van der Waals surface area contributed by atoms with Crippen LogP contribution in [-0.4, -0.2) is 14.5 Å². The molecule has 0 aliphatic heterocycles. The highest BCUT2D eigenvalue weighted by molar-refractivity contribution is 7.89. The lowest BCUT2D eigenvalue weighted by Gasteiger charge is -2.13. The molecule has 0 saturated heterocycles. The predicted molar refractivity (Wildman–Crippen MR) is 68.7 cm³/mol. The van der Waals surface area contributed by atoms with Gasteiger partial charge in [-0.05, 0) is 24.6 Å². The van der Waals surface area contributed by atoms with E-state index in [-0.39, 0.29) is 10.6 Å². The van der Waals surface area contributed by atoms with Crippen molar-refractivity contribution in [2.45, 2.75) is 30.7 Å². The molecule has 18 heavy (non-hydrogen) atoms. The second-order valence-corrected chi connectivity index (χ2v) is 5.49. The first-order valence-corrected chi connectivity index (χ1v) is 6.92. The van der Waals surface area contributed by atoms with E-state index in [1.165, 1.54) is 0 Å². The summed E-state index contributed by atoms with van der Waals surface area (Å²) in [4.78, 5) is -0.166. The fraction of sp³-hybridized carbons (Fsp3) is 0.333. The number of benzene rings is 1. The number of sulfonamides is 1. The average molecular weight is 270 g/mol. The maximum atomic E-state index is 12.9. The number of rotatable bonds is 5. The summed E-state index contributed by atoms with van der Waals surface area (Å²) in [5, 5.41) is 0. The molecule has 1 unspecified atom stereocenters. The maximum Gasteiger partial charge on any atom is 0.243 e. The molecule has 1 atom stereocenters. The number of nitrogens with one attached hydrogen (secondary N) is 1. The molecule has 0 spiro atoms. The van der Waals surface area contributed by atoms with Crippen LogP contribution in [0.5, 0.6) is 0 Å². The molecule has 0 aliphatic rings. The summed E-state index contributed by atoms with van der Waals surface area (Å²) in [7, 11) is -3.83. The van der Waals surface area contributed by atoms with E-state index < -0.39 is 21.9 Å². The Morgan fingerprint density at radius 3 is 2.72 bits per heavy atom. The Hall–Kier alpha value is -1.58. The molecule has 1 aromatic carbocycles. The van der Waals surface area contributed by atoms with Gasteiger partial charge in [0.2, 0.25) is 10.0 Å². The number of hydrogen-bond acceptors (Lipinski definition) is 3. The molecule has 0 saturated carbocycles. The van der Waals surface area contributed by atoms with Crippen LogP contribution in [0.15, 0.2) is 23.1 Å². The molecule has 0 bridgehead atoms. The van der Waals surface area contributed by atoms with Crippen LogP contribution >= 0.6 is 0 Å². The van der Waals surface area contributed by atoms with Gasteiger partial charge >= 0.3 is 0 Å². The van der Waals surface area contributed by atoms with Crippen molar-refractivity contribution in [1.82, 2.24) is 4.72 Å². The van der Waals surface area contributed by atoms with Crippen molar-refractivity contribution in [3.05, 3.63) is 24.0 Å². The van der Waals surface area contributed by atoms with Gasteiger partial charge in [0.05, 0.1) is 11.7 Å². The van der Waals surface area contributed by atoms with E-state index in [0.717, 1.165) is 24.6 Å². The van der Waals surface area contributed by atoms with Gasteiger partial charge in [0.1, 0.15) is 10.7 Å². The third kappa shape index (κ3) is 3.45. The summed E-state index contributed by atoms with van der Waals surface area (Å²) < 4.78 is 39.2. The number of nitrogen functional groups attached to an aromatic ring is 1. The van der Waals surface area contributed by atoms with E-state index in [1.807, 2.05) is 6.92 Å². The maximum absolute atomic E-state index is 12.9. The van der Waals surface area contributed by atoms with Crippen LogP contribution in [0.4, 0.5) is 10.1 Å². The highest BCUT2D eigenvalue weighted by Gasteiger charge is 2.20. The second kappa shape index (κ2) is 5.85. The highest BCUT2D eigenvalue weighted by atomic mass is 32.2. The summed E-state index contributed by atoms with van der Waals surface area (Å²) in [5.74, 6) is 1.77. The van der Waals surface area contributed by atoms with Crippen molar-refractivity contribution in [3.63, 3.8) is 0 Å². The third-order valence-corrected chi connectivity index (χ3v) is 3.88. The van der Waals surface area contributed by atoms with E-state index >= 15 is 0 Å². The predicted octanol–water partition coefficient (Wildman–Crippen LogP) is 1.49. The van der Waals surface area contributed by atoms with Gasteiger partial charge in [-0.15, -0.1) is 6.42 Å². The van der Waals surface area contributed by atoms with Gasteiger partial charge in [-0.25, -0.2) is 12.8 Å². The topological polar surface area (TPSA) is 72.2 Å². The van der Waals surface area contributed by atoms with Gasteiger partial charge in [-0.3, -0.25) is 0 Å². The molecule has 3 N–H and O–H groups in total. The molecule has 0 aromatic heterocycles. The van der Waals surface area contributed by atoms with Crippen LogP contribution < -0.4 is 10.5 Å². The first kappa shape index (κ1) is 14.5. The molecule has 98 valence electrons. The molecule has 1 rings (SSSR count). The first-order chi connectivity index (χ1) is 8.40. The van der Waals surface area contributed by atoms with E-state index in [1.54, 1.807) is 0 Å². The SMILES string of the molecule is C#CC(CCC)NS(=O)(=O)c1ccc(F)cc1N. The van der Waals surface area contributed by atoms with Crippen LogP contribution in [0.1, 0.15) is 19.8 Å². The summed E-state index contributed by atoms with van der Waals surface area (Å²) in [5.41, 5.74) is 5.34. The fourth-order valence-corrected chi connectivity index (χ4v) is 2.78. The van der Waals surface area contributed by atoms with Gasteiger partial charge in [0.25, 0.3) is 0 Å². The Morgan fingerprint density at radius 1 is 1.56 bits per heavy atom. The molecule has 0 amide bonds. The van der Waals surface area contributed by atoms with E-state index in [9.17, 15) is 12.8 Å². The lowest BCUT2D eigenvalue weighted by atomic mass is 10.2. The molecular formula is C12H15FN2O2S. The number of anilines is 1. The van der Waals surface area contributed by atoms with E-state index in [0.29, 0.717) is 6.42 Å². The lowest BCUT2D eigenvalue weighted by Crippen LogP contribution is -2.34. The molecule has 6 heteroatoms. The van der Waals surface area contributed by atoms with Crippen molar-refractivity contribution in [2.24, 2.45) is 0 Å². The largest absolute Gasteiger partial charge is 0.398 e. The van der Waals surface area contributed by atoms with Crippen molar-refractivity contribution in [3.8, 4) is 12.3 Å². The summed E-state index contributed by atoms with van der Waals surface area (Å²) in [6.45, 7) is 1.89. The molecule has 1 aromatic rings. The zero-order valence-corrected chi connectivity index (χ0v) is 10.8. The lowest BCUT2D eigenvalue weighted by molar-refractivity contribution is 0.564. The van der Waals surface area contributed by atoms with Crippen LogP contribution in [0.3, 0.4) is 0 Å². The highest BCUT2D eigenvalue weighted by Crippen LogP contribution is 2.19. The van der Waals surface area contributed by atoms with Crippen LogP contribution in [0.2, 0.25) is 0 Å². The van der Waals surface area contributed by atoms with Crippen molar-refractivity contribution in [2.75, 3.05) is 5.73 Å². The fourth-order valence-electron chi connectivity index (χ4n) is 1.48. The Labute approximate surface area is 106 Å². The summed E-state index contributed by atoms with van der Waals surface area (Å²) >= 11 is 0. The zero-order chi connectivity index (χ0) is 13.8. The van der Waals surface area contributed by atoms with E-state index in [2.05, 4.69) is 10.6 Å².